The Hall–Kier alpha value is -2.34. The summed E-state index contributed by atoms with van der Waals surface area (Å²) in [5.74, 6) is -0.136. The molecule has 1 aromatic carbocycles. The molecule has 6 heteroatoms. The average molecular weight is 444 g/mol. The third-order valence-corrected chi connectivity index (χ3v) is 5.20. The minimum Gasteiger partial charge on any atom is -0.383 e. The molecule has 0 aliphatic heterocycles. The number of halogens is 1. The molecule has 0 radical (unpaired) electrons. The number of Topliss-reactive ketones (excluding diaryl/α,β-unsaturated/α-hetero) is 1. The lowest BCUT2D eigenvalue weighted by molar-refractivity contribution is 0.0934. The number of carbonyl (C=O) groups excluding carboxylic acids is 2. The Kier molecular flexibility index (Phi) is 6.08. The van der Waals surface area contributed by atoms with Crippen molar-refractivity contribution in [1.82, 2.24) is 14.8 Å². The van der Waals surface area contributed by atoms with Gasteiger partial charge in [-0.05, 0) is 56.0 Å². The molecule has 1 heterocycles. The average Bonchev–Trinajstić information content (AvgIpc) is 2.98. The van der Waals surface area contributed by atoms with E-state index in [1.54, 1.807) is 0 Å². The van der Waals surface area contributed by atoms with Gasteiger partial charge in [-0.2, -0.15) is 0 Å². The fourth-order valence-corrected chi connectivity index (χ4v) is 3.76. The summed E-state index contributed by atoms with van der Waals surface area (Å²) in [5.41, 5.74) is 3.95. The highest BCUT2D eigenvalue weighted by Crippen LogP contribution is 2.29. The van der Waals surface area contributed by atoms with E-state index in [0.717, 1.165) is 27.6 Å². The first-order chi connectivity index (χ1) is 13.3. The van der Waals surface area contributed by atoms with Crippen LogP contribution in [0.25, 0.3) is 0 Å². The Morgan fingerprint density at radius 1 is 1.25 bits per heavy atom. The number of aryl methyl sites for hydroxylation is 1. The zero-order valence-electron chi connectivity index (χ0n) is 16.8. The first kappa shape index (κ1) is 20.4. The number of benzene rings is 1. The Balaban J connectivity index is 2.08. The minimum atomic E-state index is -0.146. The largest absolute Gasteiger partial charge is 0.383 e. The van der Waals surface area contributed by atoms with Crippen LogP contribution in [0.4, 0.5) is 0 Å². The van der Waals surface area contributed by atoms with Crippen LogP contribution in [0, 0.1) is 0 Å². The maximum Gasteiger partial charge on any atom is 0.268 e. The van der Waals surface area contributed by atoms with Crippen molar-refractivity contribution in [2.45, 2.75) is 39.3 Å². The Morgan fingerprint density at radius 2 is 1.93 bits per heavy atom. The maximum atomic E-state index is 13.2. The van der Waals surface area contributed by atoms with Crippen molar-refractivity contribution in [1.29, 1.82) is 0 Å². The van der Waals surface area contributed by atoms with Crippen molar-refractivity contribution in [3.05, 3.63) is 69.1 Å². The number of allylic oxidation sites excluding steroid dienone is 1. The highest BCUT2D eigenvalue weighted by atomic mass is 79.9. The van der Waals surface area contributed by atoms with Crippen LogP contribution in [0.2, 0.25) is 0 Å². The first-order valence-electron chi connectivity index (χ1n) is 9.45. The van der Waals surface area contributed by atoms with Crippen LogP contribution >= 0.6 is 15.9 Å². The summed E-state index contributed by atoms with van der Waals surface area (Å²) in [7, 11) is 3.83. The summed E-state index contributed by atoms with van der Waals surface area (Å²) in [6.45, 7) is 4.34. The summed E-state index contributed by atoms with van der Waals surface area (Å²) in [5, 5.41) is 2.96. The molecule has 0 spiro atoms. The third-order valence-electron chi connectivity index (χ3n) is 4.67. The van der Waals surface area contributed by atoms with Gasteiger partial charge < -0.3 is 14.8 Å². The van der Waals surface area contributed by atoms with E-state index in [1.165, 1.54) is 0 Å². The lowest BCUT2D eigenvalue weighted by Gasteiger charge is -2.20. The van der Waals surface area contributed by atoms with E-state index >= 15 is 0 Å². The predicted molar refractivity (Wildman–Crippen MR) is 115 cm³/mol. The van der Waals surface area contributed by atoms with Crippen molar-refractivity contribution < 1.29 is 9.59 Å². The van der Waals surface area contributed by atoms with E-state index in [1.807, 2.05) is 73.9 Å². The van der Waals surface area contributed by atoms with Crippen LogP contribution < -0.4 is 5.32 Å². The van der Waals surface area contributed by atoms with E-state index in [4.69, 9.17) is 0 Å². The molecule has 1 aliphatic carbocycles. The lowest BCUT2D eigenvalue weighted by atomic mass is 9.92. The van der Waals surface area contributed by atoms with Crippen molar-refractivity contribution in [3.8, 4) is 0 Å². The minimum absolute atomic E-state index is 0.00987. The second-order valence-electron chi connectivity index (χ2n) is 7.69. The smallest absolute Gasteiger partial charge is 0.268 e. The van der Waals surface area contributed by atoms with Gasteiger partial charge in [-0.15, -0.1) is 0 Å². The summed E-state index contributed by atoms with van der Waals surface area (Å²) in [6, 6.07) is 9.86. The molecule has 3 rings (SSSR count). The molecule has 0 saturated heterocycles. The van der Waals surface area contributed by atoms with Crippen molar-refractivity contribution in [3.63, 3.8) is 0 Å². The summed E-state index contributed by atoms with van der Waals surface area (Å²) < 4.78 is 2.87. The lowest BCUT2D eigenvalue weighted by Crippen LogP contribution is -2.32. The molecule has 1 aliphatic rings. The van der Waals surface area contributed by atoms with E-state index in [9.17, 15) is 9.59 Å². The Morgan fingerprint density at radius 3 is 2.54 bits per heavy atom. The topological polar surface area (TPSA) is 54.3 Å². The molecule has 5 nitrogen and oxygen atoms in total. The molecule has 1 amide bonds. The third kappa shape index (κ3) is 4.38. The van der Waals surface area contributed by atoms with Crippen LogP contribution in [0.3, 0.4) is 0 Å². The molecule has 0 fully saturated rings. The zero-order chi connectivity index (χ0) is 20.4. The highest BCUT2D eigenvalue weighted by Gasteiger charge is 2.30. The van der Waals surface area contributed by atoms with Gasteiger partial charge in [0, 0.05) is 42.9 Å². The van der Waals surface area contributed by atoms with Crippen molar-refractivity contribution >= 4 is 27.6 Å². The van der Waals surface area contributed by atoms with Crippen molar-refractivity contribution in [2.24, 2.45) is 0 Å². The summed E-state index contributed by atoms with van der Waals surface area (Å²) in [4.78, 5) is 27.9. The van der Waals surface area contributed by atoms with Crippen molar-refractivity contribution in [2.75, 3.05) is 14.1 Å². The molecule has 1 N–H and O–H groups in total. The molecule has 0 saturated carbocycles. The number of aromatic nitrogens is 1. The van der Waals surface area contributed by atoms with E-state index in [-0.39, 0.29) is 17.7 Å². The first-order valence-corrected chi connectivity index (χ1v) is 10.2. The normalized spacial score (nSPS) is 15.1. The SMILES string of the molecule is CC(C)NC(=O)c1cc2c(n1Cc1ccc(Br)cc1)C(=O)C(=CN(C)C)CC2. The quantitative estimate of drug-likeness (QED) is 0.710. The molecule has 0 atom stereocenters. The molecule has 28 heavy (non-hydrogen) atoms. The number of hydrogen-bond donors (Lipinski definition) is 1. The molecular weight excluding hydrogens is 418 g/mol. The predicted octanol–water partition coefficient (Wildman–Crippen LogP) is 4.01. The van der Waals surface area contributed by atoms with Gasteiger partial charge in [0.25, 0.3) is 5.91 Å². The van der Waals surface area contributed by atoms with Gasteiger partial charge in [0.2, 0.25) is 5.78 Å². The van der Waals surface area contributed by atoms with Gasteiger partial charge in [-0.3, -0.25) is 9.59 Å². The van der Waals surface area contributed by atoms with Crippen LogP contribution in [-0.4, -0.2) is 41.3 Å². The van der Waals surface area contributed by atoms with Gasteiger partial charge in [0.1, 0.15) is 5.69 Å². The fraction of sp³-hybridized carbons (Fsp3) is 0.364. The molecular formula is C22H26BrN3O2. The van der Waals surface area contributed by atoms with E-state index in [2.05, 4.69) is 21.2 Å². The monoisotopic (exact) mass is 443 g/mol. The number of fused-ring (bicyclic) bond motifs is 1. The molecule has 1 aromatic heterocycles. The summed E-state index contributed by atoms with van der Waals surface area (Å²) >= 11 is 3.45. The molecule has 148 valence electrons. The number of ketones is 1. The summed E-state index contributed by atoms with van der Waals surface area (Å²) in [6.07, 6.45) is 3.34. The Labute approximate surface area is 174 Å². The van der Waals surface area contributed by atoms with Crippen LogP contribution in [0.5, 0.6) is 0 Å². The van der Waals surface area contributed by atoms with Gasteiger partial charge in [-0.25, -0.2) is 0 Å². The standard InChI is InChI=1S/C22H26BrN3O2/c1-14(2)24-22(28)19-11-16-7-8-17(13-25(3)4)21(27)20(16)26(19)12-15-5-9-18(23)10-6-15/h5-6,9-11,13-14H,7-8,12H2,1-4H3,(H,24,28). The molecule has 0 unspecified atom stereocenters. The molecule has 0 bridgehead atoms. The zero-order valence-corrected chi connectivity index (χ0v) is 18.3. The van der Waals surface area contributed by atoms with Gasteiger partial charge in [0.05, 0.1) is 5.69 Å². The van der Waals surface area contributed by atoms with E-state index < -0.39 is 0 Å². The number of amides is 1. The van der Waals surface area contributed by atoms with Gasteiger partial charge in [0.15, 0.2) is 0 Å². The van der Waals surface area contributed by atoms with Gasteiger partial charge >= 0.3 is 0 Å². The van der Waals surface area contributed by atoms with Crippen LogP contribution in [0.1, 0.15) is 52.4 Å². The highest BCUT2D eigenvalue weighted by molar-refractivity contribution is 9.10. The molecule has 2 aromatic rings. The fourth-order valence-electron chi connectivity index (χ4n) is 3.49. The number of rotatable bonds is 5. The maximum absolute atomic E-state index is 13.2. The number of nitrogens with one attached hydrogen (secondary N) is 1. The number of carbonyl (C=O) groups is 2. The number of nitrogens with zero attached hydrogens (tertiary/aromatic N) is 2. The van der Waals surface area contributed by atoms with Gasteiger partial charge in [-0.1, -0.05) is 28.1 Å². The van der Waals surface area contributed by atoms with Crippen LogP contribution in [-0.2, 0) is 13.0 Å². The van der Waals surface area contributed by atoms with Crippen LogP contribution in [0.15, 0.2) is 46.6 Å². The van der Waals surface area contributed by atoms with E-state index in [0.29, 0.717) is 24.4 Å². The Bertz CT molecular complexity index is 924. The second-order valence-corrected chi connectivity index (χ2v) is 8.61. The second kappa shape index (κ2) is 8.35. The number of hydrogen-bond acceptors (Lipinski definition) is 3.